The Hall–Kier alpha value is -3.34. The van der Waals surface area contributed by atoms with E-state index in [1.807, 2.05) is 115 Å². The first-order valence-corrected chi connectivity index (χ1v) is 19.7. The molecule has 0 aromatic heterocycles. The molecule has 0 aliphatic carbocycles. The van der Waals surface area contributed by atoms with Gasteiger partial charge >= 0.3 is 0 Å². The summed E-state index contributed by atoms with van der Waals surface area (Å²) in [5.74, 6) is 0.743. The number of benzene rings is 4. The van der Waals surface area contributed by atoms with E-state index in [2.05, 4.69) is 20.8 Å². The van der Waals surface area contributed by atoms with E-state index >= 15 is 0 Å². The monoisotopic (exact) mass is 670 g/mol. The van der Waals surface area contributed by atoms with Crippen molar-refractivity contribution in [2.45, 2.75) is 88.0 Å². The number of hydrogen-bond donors (Lipinski definition) is 2. The van der Waals surface area contributed by atoms with E-state index in [-0.39, 0.29) is 26.4 Å². The Morgan fingerprint density at radius 3 is 1.67 bits per heavy atom. The van der Waals surface area contributed by atoms with Gasteiger partial charge in [-0.2, -0.15) is 0 Å². The molecule has 256 valence electrons. The predicted octanol–water partition coefficient (Wildman–Crippen LogP) is 7.41. The standard InChI is InChI=1S/C40H50O7Si/c1-5-48(6-2,7-3)40(42)39(34-21-15-10-16-22-34,46-30-33-23-25-35(43-4)26-24-33)38(45-29-32-19-13-9-14-20-32)37(36(27-41)47-40)44-28-31-17-11-8-12-18-31/h8-26,36-38,41-42H,5-7,27-30H2,1-4H3/t36-,37-,38+,39-,40+/m1/s1. The van der Waals surface area contributed by atoms with Gasteiger partial charge in [0.1, 0.15) is 32.1 Å². The van der Waals surface area contributed by atoms with Crippen LogP contribution in [0.4, 0.5) is 0 Å². The van der Waals surface area contributed by atoms with Crippen LogP contribution in [0, 0.1) is 0 Å². The van der Waals surface area contributed by atoms with Crippen molar-refractivity contribution in [3.8, 4) is 5.75 Å². The van der Waals surface area contributed by atoms with Crippen molar-refractivity contribution < 1.29 is 33.9 Å². The molecule has 4 aromatic carbocycles. The second-order valence-corrected chi connectivity index (χ2v) is 17.9. The lowest BCUT2D eigenvalue weighted by atomic mass is 9.79. The predicted molar refractivity (Wildman–Crippen MR) is 190 cm³/mol. The summed E-state index contributed by atoms with van der Waals surface area (Å²) in [4.78, 5) is 0. The molecule has 7 nitrogen and oxygen atoms in total. The lowest BCUT2D eigenvalue weighted by Gasteiger charge is -2.62. The highest BCUT2D eigenvalue weighted by Gasteiger charge is 2.73. The van der Waals surface area contributed by atoms with Gasteiger partial charge < -0.3 is 33.9 Å². The lowest BCUT2D eigenvalue weighted by molar-refractivity contribution is -0.388. The molecule has 0 bridgehead atoms. The third-order valence-electron chi connectivity index (χ3n) is 10.2. The molecule has 5 rings (SSSR count). The Morgan fingerprint density at radius 2 is 1.17 bits per heavy atom. The van der Waals surface area contributed by atoms with Crippen molar-refractivity contribution in [2.24, 2.45) is 0 Å². The zero-order valence-electron chi connectivity index (χ0n) is 28.6. The Morgan fingerprint density at radius 1 is 0.667 bits per heavy atom. The van der Waals surface area contributed by atoms with Crippen LogP contribution in [0.2, 0.25) is 18.1 Å². The van der Waals surface area contributed by atoms with E-state index in [4.69, 9.17) is 23.7 Å². The fourth-order valence-corrected chi connectivity index (χ4v) is 11.8. The van der Waals surface area contributed by atoms with Gasteiger partial charge in [-0.25, -0.2) is 0 Å². The topological polar surface area (TPSA) is 86.6 Å². The average Bonchev–Trinajstić information content (AvgIpc) is 3.15. The van der Waals surface area contributed by atoms with Crippen LogP contribution in [-0.4, -0.2) is 55.7 Å². The molecule has 1 heterocycles. The van der Waals surface area contributed by atoms with Crippen LogP contribution in [0.5, 0.6) is 5.75 Å². The number of aliphatic hydroxyl groups excluding tert-OH is 1. The van der Waals surface area contributed by atoms with E-state index in [0.29, 0.717) is 0 Å². The summed E-state index contributed by atoms with van der Waals surface area (Å²) in [5.41, 5.74) is 0.226. The average molecular weight is 671 g/mol. The molecule has 2 N–H and O–H groups in total. The summed E-state index contributed by atoms with van der Waals surface area (Å²) >= 11 is 0. The third kappa shape index (κ3) is 7.02. The van der Waals surface area contributed by atoms with Gasteiger partial charge in [-0.3, -0.25) is 0 Å². The van der Waals surface area contributed by atoms with Crippen LogP contribution in [0.1, 0.15) is 43.0 Å². The lowest BCUT2D eigenvalue weighted by Crippen LogP contribution is -2.80. The Labute approximate surface area is 286 Å². The van der Waals surface area contributed by atoms with Crippen LogP contribution in [0.15, 0.2) is 115 Å². The molecule has 0 amide bonds. The van der Waals surface area contributed by atoms with Gasteiger partial charge in [-0.15, -0.1) is 0 Å². The first kappa shape index (κ1) is 36.0. The zero-order valence-corrected chi connectivity index (χ0v) is 29.6. The van der Waals surface area contributed by atoms with Crippen LogP contribution >= 0.6 is 0 Å². The van der Waals surface area contributed by atoms with Crippen molar-refractivity contribution in [2.75, 3.05) is 13.7 Å². The van der Waals surface area contributed by atoms with E-state index in [0.717, 1.165) is 46.1 Å². The number of rotatable bonds is 16. The summed E-state index contributed by atoms with van der Waals surface area (Å²) in [5, 5.41) is 24.6. The fraction of sp³-hybridized carbons (Fsp3) is 0.400. The van der Waals surface area contributed by atoms with Gasteiger partial charge in [-0.05, 0) is 34.4 Å². The van der Waals surface area contributed by atoms with Crippen molar-refractivity contribution in [3.63, 3.8) is 0 Å². The summed E-state index contributed by atoms with van der Waals surface area (Å²) in [6.07, 6.45) is -2.56. The third-order valence-corrected chi connectivity index (χ3v) is 16.2. The summed E-state index contributed by atoms with van der Waals surface area (Å²) in [6, 6.07) is 39.6. The minimum atomic E-state index is -2.79. The van der Waals surface area contributed by atoms with Gasteiger partial charge in [0.05, 0.1) is 33.5 Å². The number of hydrogen-bond acceptors (Lipinski definition) is 7. The Kier molecular flexibility index (Phi) is 12.3. The normalized spacial score (nSPS) is 24.3. The van der Waals surface area contributed by atoms with Crippen molar-refractivity contribution in [3.05, 3.63) is 138 Å². The molecule has 1 aliphatic heterocycles. The highest BCUT2D eigenvalue weighted by molar-refractivity contribution is 6.82. The molecule has 0 radical (unpaired) electrons. The van der Waals surface area contributed by atoms with Crippen LogP contribution in [-0.2, 0) is 44.4 Å². The van der Waals surface area contributed by atoms with Crippen molar-refractivity contribution in [1.29, 1.82) is 0 Å². The molecule has 1 aliphatic rings. The SMILES string of the molecule is CC[Si](CC)(CC)[C@@]1(O)O[C@H](CO)[C@@H](OCc2ccccc2)[C@H](OCc2ccccc2)[C@]1(OCc1ccc(OC)cc1)c1ccccc1. The largest absolute Gasteiger partial charge is 0.497 e. The number of methoxy groups -OCH3 is 1. The molecule has 5 atom stereocenters. The van der Waals surface area contributed by atoms with Gasteiger partial charge in [-0.1, -0.05) is 142 Å². The molecule has 8 heteroatoms. The molecule has 4 aromatic rings. The smallest absolute Gasteiger partial charge is 0.184 e. The molecular weight excluding hydrogens is 621 g/mol. The number of aliphatic hydroxyl groups is 2. The molecule has 0 saturated carbocycles. The molecule has 48 heavy (non-hydrogen) atoms. The van der Waals surface area contributed by atoms with Crippen molar-refractivity contribution in [1.82, 2.24) is 0 Å². The Bertz CT molecular complexity index is 1510. The maximum atomic E-state index is 13.6. The maximum Gasteiger partial charge on any atom is 0.184 e. The molecular formula is C40H50O7Si. The first-order chi connectivity index (χ1) is 23.4. The molecule has 0 spiro atoms. The summed E-state index contributed by atoms with van der Waals surface area (Å²) in [7, 11) is -1.15. The van der Waals surface area contributed by atoms with Gasteiger partial charge in [0, 0.05) is 0 Å². The molecule has 0 unspecified atom stereocenters. The van der Waals surface area contributed by atoms with Crippen LogP contribution < -0.4 is 4.74 Å². The summed E-state index contributed by atoms with van der Waals surface area (Å²) in [6.45, 7) is 6.69. The summed E-state index contributed by atoms with van der Waals surface area (Å²) < 4.78 is 33.4. The molecule has 1 fully saturated rings. The van der Waals surface area contributed by atoms with Crippen LogP contribution in [0.25, 0.3) is 0 Å². The van der Waals surface area contributed by atoms with E-state index < -0.39 is 37.4 Å². The maximum absolute atomic E-state index is 13.6. The van der Waals surface area contributed by atoms with Gasteiger partial charge in [0.15, 0.2) is 11.0 Å². The van der Waals surface area contributed by atoms with E-state index in [1.54, 1.807) is 7.11 Å². The van der Waals surface area contributed by atoms with E-state index in [9.17, 15) is 10.2 Å². The second-order valence-electron chi connectivity index (χ2n) is 12.5. The van der Waals surface area contributed by atoms with Crippen molar-refractivity contribution >= 4 is 8.07 Å². The highest BCUT2D eigenvalue weighted by atomic mass is 28.3. The minimum absolute atomic E-state index is 0.159. The van der Waals surface area contributed by atoms with Crippen LogP contribution in [0.3, 0.4) is 0 Å². The zero-order chi connectivity index (χ0) is 34.0. The second kappa shape index (κ2) is 16.4. The quantitative estimate of drug-likeness (QED) is 0.120. The minimum Gasteiger partial charge on any atom is -0.497 e. The van der Waals surface area contributed by atoms with Gasteiger partial charge in [0.25, 0.3) is 0 Å². The molecule has 1 saturated heterocycles. The Balaban J connectivity index is 1.73. The fourth-order valence-electron chi connectivity index (χ4n) is 7.28. The number of ether oxygens (including phenoxy) is 5. The highest BCUT2D eigenvalue weighted by Crippen LogP contribution is 2.55. The van der Waals surface area contributed by atoms with Gasteiger partial charge in [0.2, 0.25) is 0 Å². The van der Waals surface area contributed by atoms with E-state index in [1.165, 1.54) is 0 Å². The first-order valence-electron chi connectivity index (χ1n) is 17.0.